The summed E-state index contributed by atoms with van der Waals surface area (Å²) >= 11 is 3.47. The van der Waals surface area contributed by atoms with E-state index in [1.807, 2.05) is 36.4 Å². The van der Waals surface area contributed by atoms with Crippen LogP contribution in [-0.4, -0.2) is 45.5 Å². The number of urea groups is 1. The van der Waals surface area contributed by atoms with Crippen LogP contribution in [0.4, 0.5) is 16.2 Å². The molecule has 33 heavy (non-hydrogen) atoms. The number of primary sulfonamides is 1. The summed E-state index contributed by atoms with van der Waals surface area (Å²) in [5.74, 6) is 0. The Morgan fingerprint density at radius 3 is 1.97 bits per heavy atom. The van der Waals surface area contributed by atoms with Crippen LogP contribution >= 0.6 is 15.9 Å². The Morgan fingerprint density at radius 2 is 1.42 bits per heavy atom. The van der Waals surface area contributed by atoms with E-state index < -0.39 is 16.1 Å². The number of nitrogens with two attached hydrogens (primary N) is 3. The molecule has 1 heterocycles. The monoisotopic (exact) mass is 529 g/mol. The average molecular weight is 530 g/mol. The highest BCUT2D eigenvalue weighted by molar-refractivity contribution is 9.10. The first-order valence-electron chi connectivity index (χ1n) is 10.3. The molecule has 0 radical (unpaired) electrons. The lowest BCUT2D eigenvalue weighted by atomic mass is 9.95. The molecule has 0 spiro atoms. The number of carbonyl (C=O) groups excluding carboxylic acids is 1. The van der Waals surface area contributed by atoms with E-state index in [0.29, 0.717) is 31.9 Å². The first kappa shape index (κ1) is 23.1. The number of nitrogen functional groups attached to an aromatic ring is 1. The number of amides is 2. The number of hydrogen-bond donors (Lipinski definition) is 3. The summed E-state index contributed by atoms with van der Waals surface area (Å²) in [6.45, 7) is 2.22. The maximum atomic E-state index is 11.7. The first-order valence-corrected chi connectivity index (χ1v) is 12.6. The number of hydrogen-bond acceptors (Lipinski definition) is 5. The van der Waals surface area contributed by atoms with Crippen molar-refractivity contribution < 1.29 is 13.2 Å². The molecule has 6 N–H and O–H groups in total. The third-order valence-corrected chi connectivity index (χ3v) is 7.22. The lowest BCUT2D eigenvalue weighted by molar-refractivity contribution is 0.204. The van der Waals surface area contributed by atoms with Crippen molar-refractivity contribution >= 4 is 43.4 Å². The van der Waals surface area contributed by atoms with E-state index in [2.05, 4.69) is 20.8 Å². The summed E-state index contributed by atoms with van der Waals surface area (Å²) in [7, 11) is -3.79. The zero-order valence-corrected chi connectivity index (χ0v) is 20.1. The van der Waals surface area contributed by atoms with Gasteiger partial charge < -0.3 is 21.3 Å². The molecule has 0 unspecified atom stereocenters. The Kier molecular flexibility index (Phi) is 6.33. The summed E-state index contributed by atoms with van der Waals surface area (Å²) in [4.78, 5) is 15.3. The number of nitrogens with zero attached hydrogens (tertiary/aromatic N) is 2. The van der Waals surface area contributed by atoms with Crippen LogP contribution in [0.5, 0.6) is 0 Å². The fraction of sp³-hybridized carbons (Fsp3) is 0.174. The minimum atomic E-state index is -3.79. The molecule has 1 fully saturated rings. The standard InChI is InChI=1S/C23H24BrN5O3S/c24-18-5-1-15(2-6-18)17-13-20(16-3-7-19(8-4-16)33(27,31)32)22(25)21(14-17)28-9-11-29(12-10-28)23(26)30/h1-8,13-14H,9-12,25H2,(H2,26,30)(H2,27,31,32). The van der Waals surface area contributed by atoms with Gasteiger partial charge in [-0.15, -0.1) is 0 Å². The van der Waals surface area contributed by atoms with Crippen LogP contribution in [0.15, 0.2) is 70.0 Å². The van der Waals surface area contributed by atoms with Crippen LogP contribution in [0, 0.1) is 0 Å². The fourth-order valence-corrected chi connectivity index (χ4v) is 4.72. The van der Waals surface area contributed by atoms with Crippen molar-refractivity contribution in [2.24, 2.45) is 10.9 Å². The largest absolute Gasteiger partial charge is 0.397 e. The molecule has 0 atom stereocenters. The summed E-state index contributed by atoms with van der Waals surface area (Å²) in [6.07, 6.45) is 0. The molecule has 1 aliphatic heterocycles. The molecule has 2 amide bonds. The van der Waals surface area contributed by atoms with E-state index in [-0.39, 0.29) is 4.90 Å². The molecule has 4 rings (SSSR count). The lowest BCUT2D eigenvalue weighted by Gasteiger charge is -2.36. The smallest absolute Gasteiger partial charge is 0.314 e. The zero-order valence-electron chi connectivity index (χ0n) is 17.7. The number of halogens is 1. The van der Waals surface area contributed by atoms with Gasteiger partial charge in [0.1, 0.15) is 0 Å². The summed E-state index contributed by atoms with van der Waals surface area (Å²) in [6, 6.07) is 17.9. The number of piperazine rings is 1. The Hall–Kier alpha value is -3.08. The second kappa shape index (κ2) is 9.05. The van der Waals surface area contributed by atoms with Crippen molar-refractivity contribution in [2.45, 2.75) is 4.90 Å². The highest BCUT2D eigenvalue weighted by Crippen LogP contribution is 2.39. The van der Waals surface area contributed by atoms with Crippen molar-refractivity contribution in [3.63, 3.8) is 0 Å². The Bertz CT molecular complexity index is 1290. The predicted molar refractivity (Wildman–Crippen MR) is 134 cm³/mol. The average Bonchev–Trinajstić information content (AvgIpc) is 2.79. The van der Waals surface area contributed by atoms with Crippen LogP contribution in [0.25, 0.3) is 22.3 Å². The van der Waals surface area contributed by atoms with Gasteiger partial charge in [0.15, 0.2) is 0 Å². The van der Waals surface area contributed by atoms with Gasteiger partial charge in [0.25, 0.3) is 0 Å². The molecular weight excluding hydrogens is 506 g/mol. The molecule has 1 aliphatic rings. The van der Waals surface area contributed by atoms with Crippen LogP contribution in [0.3, 0.4) is 0 Å². The van der Waals surface area contributed by atoms with Gasteiger partial charge in [-0.3, -0.25) is 0 Å². The molecule has 8 nitrogen and oxygen atoms in total. The molecule has 0 saturated carbocycles. The molecule has 10 heteroatoms. The number of rotatable bonds is 4. The maximum Gasteiger partial charge on any atom is 0.314 e. The molecular formula is C23H24BrN5O3S. The van der Waals surface area contributed by atoms with E-state index in [1.165, 1.54) is 12.1 Å². The van der Waals surface area contributed by atoms with Crippen LogP contribution in [0.2, 0.25) is 0 Å². The van der Waals surface area contributed by atoms with Gasteiger partial charge >= 0.3 is 6.03 Å². The van der Waals surface area contributed by atoms with E-state index in [1.54, 1.807) is 17.0 Å². The maximum absolute atomic E-state index is 11.7. The second-order valence-corrected chi connectivity index (χ2v) is 10.3. The number of benzene rings is 3. The lowest BCUT2D eigenvalue weighted by Crippen LogP contribution is -2.50. The van der Waals surface area contributed by atoms with Gasteiger partial charge in [-0.1, -0.05) is 40.2 Å². The van der Waals surface area contributed by atoms with Crippen LogP contribution in [-0.2, 0) is 10.0 Å². The number of anilines is 2. The van der Waals surface area contributed by atoms with Gasteiger partial charge in [-0.25, -0.2) is 18.4 Å². The Balaban J connectivity index is 1.80. The van der Waals surface area contributed by atoms with Crippen molar-refractivity contribution in [1.82, 2.24) is 4.90 Å². The highest BCUT2D eigenvalue weighted by Gasteiger charge is 2.23. The zero-order chi connectivity index (χ0) is 23.8. The van der Waals surface area contributed by atoms with Crippen molar-refractivity contribution in [3.05, 3.63) is 65.1 Å². The third kappa shape index (κ3) is 4.97. The molecule has 0 bridgehead atoms. The Morgan fingerprint density at radius 1 is 0.848 bits per heavy atom. The van der Waals surface area contributed by atoms with Gasteiger partial charge in [0.2, 0.25) is 10.0 Å². The molecule has 3 aromatic rings. The van der Waals surface area contributed by atoms with E-state index in [0.717, 1.165) is 32.4 Å². The minimum Gasteiger partial charge on any atom is -0.397 e. The van der Waals surface area contributed by atoms with E-state index in [4.69, 9.17) is 16.6 Å². The highest BCUT2D eigenvalue weighted by atomic mass is 79.9. The number of carbonyl (C=O) groups is 1. The second-order valence-electron chi connectivity index (χ2n) is 7.85. The quantitative estimate of drug-likeness (QED) is 0.445. The third-order valence-electron chi connectivity index (χ3n) is 5.76. The first-order chi connectivity index (χ1) is 15.6. The van der Waals surface area contributed by atoms with Gasteiger partial charge in [0, 0.05) is 36.2 Å². The SMILES string of the molecule is NC(=O)N1CCN(c2cc(-c3ccc(Br)cc3)cc(-c3ccc(S(N)(=O)=O)cc3)c2N)CC1. The van der Waals surface area contributed by atoms with Gasteiger partial charge in [-0.05, 0) is 53.1 Å². The normalized spacial score (nSPS) is 14.4. The van der Waals surface area contributed by atoms with E-state index >= 15 is 0 Å². The molecule has 0 aromatic heterocycles. The summed E-state index contributed by atoms with van der Waals surface area (Å²) in [5, 5.41) is 5.24. The molecule has 3 aromatic carbocycles. The molecule has 1 saturated heterocycles. The van der Waals surface area contributed by atoms with Crippen molar-refractivity contribution in [1.29, 1.82) is 0 Å². The molecule has 0 aliphatic carbocycles. The van der Waals surface area contributed by atoms with Gasteiger partial charge in [0.05, 0.1) is 16.3 Å². The van der Waals surface area contributed by atoms with Crippen LogP contribution < -0.4 is 21.5 Å². The predicted octanol–water partition coefficient (Wildman–Crippen LogP) is 3.21. The van der Waals surface area contributed by atoms with E-state index in [9.17, 15) is 13.2 Å². The number of sulfonamides is 1. The van der Waals surface area contributed by atoms with Crippen molar-refractivity contribution in [3.8, 4) is 22.3 Å². The Labute approximate surface area is 201 Å². The summed E-state index contributed by atoms with van der Waals surface area (Å²) in [5.41, 5.74) is 17.0. The summed E-state index contributed by atoms with van der Waals surface area (Å²) < 4.78 is 24.3. The number of primary amides is 1. The fourth-order valence-electron chi connectivity index (χ4n) is 3.94. The van der Waals surface area contributed by atoms with Crippen molar-refractivity contribution in [2.75, 3.05) is 36.8 Å². The van der Waals surface area contributed by atoms with Crippen LogP contribution in [0.1, 0.15) is 0 Å². The topological polar surface area (TPSA) is 136 Å². The minimum absolute atomic E-state index is 0.0386. The van der Waals surface area contributed by atoms with Gasteiger partial charge in [-0.2, -0.15) is 0 Å². The molecule has 172 valence electrons.